The average molecular weight is 248 g/mol. The van der Waals surface area contributed by atoms with E-state index in [2.05, 4.69) is 0 Å². The number of fused-ring (bicyclic) bond motifs is 1. The first-order chi connectivity index (χ1) is 8.11. The van der Waals surface area contributed by atoms with Crippen molar-refractivity contribution < 1.29 is 9.50 Å². The van der Waals surface area contributed by atoms with Crippen molar-refractivity contribution >= 4 is 11.3 Å². The van der Waals surface area contributed by atoms with Gasteiger partial charge in [0.05, 0.1) is 0 Å². The summed E-state index contributed by atoms with van der Waals surface area (Å²) in [5.74, 6) is -0.203. The topological polar surface area (TPSA) is 20.2 Å². The van der Waals surface area contributed by atoms with Crippen LogP contribution in [0.3, 0.4) is 0 Å². The van der Waals surface area contributed by atoms with Crippen LogP contribution in [0.5, 0.6) is 0 Å². The third-order valence-electron chi connectivity index (χ3n) is 3.51. The Bertz CT molecular complexity index is 575. The summed E-state index contributed by atoms with van der Waals surface area (Å²) >= 11 is 1.61. The fraction of sp³-hybridized carbons (Fsp3) is 0.286. The summed E-state index contributed by atoms with van der Waals surface area (Å²) in [5, 5.41) is 12.8. The van der Waals surface area contributed by atoms with Crippen LogP contribution in [0.4, 0.5) is 4.39 Å². The quantitative estimate of drug-likeness (QED) is 0.820. The van der Waals surface area contributed by atoms with E-state index in [0.717, 1.165) is 11.1 Å². The minimum absolute atomic E-state index is 0.203. The van der Waals surface area contributed by atoms with E-state index in [9.17, 15) is 9.50 Å². The Hall–Kier alpha value is -1.19. The van der Waals surface area contributed by atoms with E-state index in [0.29, 0.717) is 18.4 Å². The Balaban J connectivity index is 2.17. The van der Waals surface area contributed by atoms with Crippen LogP contribution in [0.15, 0.2) is 29.6 Å². The standard InChI is InChI=1S/C14H13FOS/c1-9-7-10(8-17-9)14(16)6-5-11-12(14)3-2-4-13(11)15/h2-4,7-8,16H,5-6H2,1H3. The van der Waals surface area contributed by atoms with Gasteiger partial charge in [0.15, 0.2) is 0 Å². The minimum Gasteiger partial charge on any atom is -0.380 e. The van der Waals surface area contributed by atoms with E-state index in [1.807, 2.05) is 24.4 Å². The molecule has 1 nitrogen and oxygen atoms in total. The van der Waals surface area contributed by atoms with Crippen molar-refractivity contribution in [3.63, 3.8) is 0 Å². The third-order valence-corrected chi connectivity index (χ3v) is 4.37. The van der Waals surface area contributed by atoms with Gasteiger partial charge in [-0.05, 0) is 54.0 Å². The summed E-state index contributed by atoms with van der Waals surface area (Å²) in [5.41, 5.74) is 1.29. The molecule has 3 heteroatoms. The number of hydrogen-bond acceptors (Lipinski definition) is 2. The van der Waals surface area contributed by atoms with Gasteiger partial charge in [-0.1, -0.05) is 12.1 Å². The number of aliphatic hydroxyl groups is 1. The van der Waals surface area contributed by atoms with E-state index in [1.165, 1.54) is 10.9 Å². The zero-order valence-corrected chi connectivity index (χ0v) is 10.4. The van der Waals surface area contributed by atoms with E-state index < -0.39 is 5.60 Å². The lowest BCUT2D eigenvalue weighted by molar-refractivity contribution is 0.0833. The predicted molar refractivity (Wildman–Crippen MR) is 66.8 cm³/mol. The van der Waals surface area contributed by atoms with E-state index in [4.69, 9.17) is 0 Å². The van der Waals surface area contributed by atoms with Crippen LogP contribution in [0.25, 0.3) is 0 Å². The maximum atomic E-state index is 13.6. The summed E-state index contributed by atoms with van der Waals surface area (Å²) in [6.45, 7) is 2.01. The average Bonchev–Trinajstić information content (AvgIpc) is 2.86. The van der Waals surface area contributed by atoms with Crippen LogP contribution in [0, 0.1) is 12.7 Å². The van der Waals surface area contributed by atoms with Crippen molar-refractivity contribution in [2.24, 2.45) is 0 Å². The van der Waals surface area contributed by atoms with E-state index in [-0.39, 0.29) is 5.82 Å². The Morgan fingerprint density at radius 3 is 2.94 bits per heavy atom. The number of halogens is 1. The van der Waals surface area contributed by atoms with Gasteiger partial charge >= 0.3 is 0 Å². The smallest absolute Gasteiger partial charge is 0.126 e. The van der Waals surface area contributed by atoms with Crippen molar-refractivity contribution in [3.8, 4) is 0 Å². The molecule has 0 saturated carbocycles. The van der Waals surface area contributed by atoms with Crippen LogP contribution in [-0.2, 0) is 12.0 Å². The molecule has 0 radical (unpaired) electrons. The molecule has 1 heterocycles. The predicted octanol–water partition coefficient (Wildman–Crippen LogP) is 3.38. The molecule has 3 rings (SSSR count). The van der Waals surface area contributed by atoms with Gasteiger partial charge in [-0.2, -0.15) is 0 Å². The highest BCUT2D eigenvalue weighted by Crippen LogP contribution is 2.43. The van der Waals surface area contributed by atoms with Gasteiger partial charge in [0.25, 0.3) is 0 Å². The summed E-state index contributed by atoms with van der Waals surface area (Å²) < 4.78 is 13.6. The second-order valence-corrected chi connectivity index (χ2v) is 5.69. The highest BCUT2D eigenvalue weighted by Gasteiger charge is 2.39. The van der Waals surface area contributed by atoms with Crippen LogP contribution < -0.4 is 0 Å². The highest BCUT2D eigenvalue weighted by molar-refractivity contribution is 7.10. The monoisotopic (exact) mass is 248 g/mol. The van der Waals surface area contributed by atoms with Crippen molar-refractivity contribution in [2.45, 2.75) is 25.4 Å². The molecule has 17 heavy (non-hydrogen) atoms. The third kappa shape index (κ3) is 1.53. The molecule has 2 aromatic rings. The zero-order valence-electron chi connectivity index (χ0n) is 9.53. The molecule has 1 aromatic carbocycles. The molecular weight excluding hydrogens is 235 g/mol. The second kappa shape index (κ2) is 3.65. The maximum absolute atomic E-state index is 13.6. The molecule has 1 aliphatic rings. The highest BCUT2D eigenvalue weighted by atomic mass is 32.1. The lowest BCUT2D eigenvalue weighted by Gasteiger charge is -2.23. The fourth-order valence-electron chi connectivity index (χ4n) is 2.60. The molecule has 88 valence electrons. The van der Waals surface area contributed by atoms with Gasteiger partial charge in [0.1, 0.15) is 11.4 Å². The van der Waals surface area contributed by atoms with Gasteiger partial charge in [0, 0.05) is 4.88 Å². The van der Waals surface area contributed by atoms with Gasteiger partial charge in [0.2, 0.25) is 0 Å². The number of hydrogen-bond donors (Lipinski definition) is 1. The van der Waals surface area contributed by atoms with Crippen LogP contribution >= 0.6 is 11.3 Å². The van der Waals surface area contributed by atoms with E-state index >= 15 is 0 Å². The van der Waals surface area contributed by atoms with E-state index in [1.54, 1.807) is 17.4 Å². The van der Waals surface area contributed by atoms with Crippen LogP contribution in [0.2, 0.25) is 0 Å². The van der Waals surface area contributed by atoms with Crippen molar-refractivity contribution in [3.05, 3.63) is 57.0 Å². The Kier molecular flexibility index (Phi) is 2.35. The maximum Gasteiger partial charge on any atom is 0.126 e. The molecule has 0 spiro atoms. The Morgan fingerprint density at radius 1 is 1.41 bits per heavy atom. The number of thiophene rings is 1. The number of rotatable bonds is 1. The van der Waals surface area contributed by atoms with Crippen molar-refractivity contribution in [1.82, 2.24) is 0 Å². The van der Waals surface area contributed by atoms with Crippen LogP contribution in [0.1, 0.15) is 28.0 Å². The zero-order chi connectivity index (χ0) is 12.0. The largest absolute Gasteiger partial charge is 0.380 e. The molecule has 0 bridgehead atoms. The molecule has 1 unspecified atom stereocenters. The number of aryl methyl sites for hydroxylation is 1. The summed E-state index contributed by atoms with van der Waals surface area (Å²) in [7, 11) is 0. The lowest BCUT2D eigenvalue weighted by Crippen LogP contribution is -2.23. The Labute approximate surface area is 104 Å². The van der Waals surface area contributed by atoms with Gasteiger partial charge in [-0.15, -0.1) is 11.3 Å². The first kappa shape index (κ1) is 10.9. The molecular formula is C14H13FOS. The van der Waals surface area contributed by atoms with Gasteiger partial charge in [-0.3, -0.25) is 0 Å². The Morgan fingerprint density at radius 2 is 2.24 bits per heavy atom. The molecule has 0 saturated heterocycles. The van der Waals surface area contributed by atoms with Gasteiger partial charge < -0.3 is 5.11 Å². The second-order valence-electron chi connectivity index (χ2n) is 4.57. The molecule has 1 atom stereocenters. The summed E-state index contributed by atoms with van der Waals surface area (Å²) in [6, 6.07) is 6.95. The lowest BCUT2D eigenvalue weighted by atomic mass is 9.89. The normalized spacial score (nSPS) is 22.8. The fourth-order valence-corrected chi connectivity index (χ4v) is 3.37. The first-order valence-corrected chi connectivity index (χ1v) is 6.55. The van der Waals surface area contributed by atoms with Gasteiger partial charge in [-0.25, -0.2) is 4.39 Å². The van der Waals surface area contributed by atoms with Crippen molar-refractivity contribution in [1.29, 1.82) is 0 Å². The SMILES string of the molecule is Cc1cc(C2(O)CCc3c(F)cccc32)cs1. The minimum atomic E-state index is -0.998. The van der Waals surface area contributed by atoms with Crippen LogP contribution in [-0.4, -0.2) is 5.11 Å². The van der Waals surface area contributed by atoms with Crippen molar-refractivity contribution in [2.75, 3.05) is 0 Å². The molecule has 0 aliphatic heterocycles. The molecule has 1 aliphatic carbocycles. The molecule has 1 aromatic heterocycles. The molecule has 1 N–H and O–H groups in total. The first-order valence-electron chi connectivity index (χ1n) is 5.67. The number of benzene rings is 1. The summed E-state index contributed by atoms with van der Waals surface area (Å²) in [4.78, 5) is 1.17. The summed E-state index contributed by atoms with van der Waals surface area (Å²) in [6.07, 6.45) is 1.17. The molecule has 0 fully saturated rings. The molecule has 0 amide bonds.